The van der Waals surface area contributed by atoms with Gasteiger partial charge in [0.15, 0.2) is 0 Å². The first kappa shape index (κ1) is 37.3. The van der Waals surface area contributed by atoms with Gasteiger partial charge in [0.05, 0.1) is 19.0 Å². The van der Waals surface area contributed by atoms with Crippen LogP contribution in [0.3, 0.4) is 0 Å². The number of piperidine rings is 2. The first-order valence-corrected chi connectivity index (χ1v) is 18.8. The molecule has 4 heterocycles. The first-order chi connectivity index (χ1) is 26.6. The van der Waals surface area contributed by atoms with E-state index in [1.807, 2.05) is 60.7 Å². The lowest BCUT2D eigenvalue weighted by Gasteiger charge is -2.53. The van der Waals surface area contributed by atoms with E-state index < -0.39 is 42.1 Å². The van der Waals surface area contributed by atoms with Gasteiger partial charge in [-0.2, -0.15) is 0 Å². The van der Waals surface area contributed by atoms with Crippen LogP contribution in [-0.4, -0.2) is 94.4 Å². The topological polar surface area (TPSA) is 159 Å². The molecule has 5 amide bonds. The highest BCUT2D eigenvalue weighted by Gasteiger charge is 2.52. The second-order valence-electron chi connectivity index (χ2n) is 14.8. The van der Waals surface area contributed by atoms with Crippen molar-refractivity contribution in [3.8, 4) is 0 Å². The van der Waals surface area contributed by atoms with E-state index in [-0.39, 0.29) is 48.9 Å². The minimum Gasteiger partial charge on any atom is -0.452 e. The second kappa shape index (κ2) is 16.2. The molecule has 3 saturated heterocycles. The van der Waals surface area contributed by atoms with Gasteiger partial charge in [-0.05, 0) is 54.4 Å². The van der Waals surface area contributed by atoms with Crippen LogP contribution in [0.25, 0.3) is 10.9 Å². The molecule has 0 unspecified atom stereocenters. The Balaban J connectivity index is 1.15. The third-order valence-electron chi connectivity index (χ3n) is 11.2. The minimum atomic E-state index is -1.23. The van der Waals surface area contributed by atoms with Gasteiger partial charge in [0.25, 0.3) is 0 Å². The van der Waals surface area contributed by atoms with Gasteiger partial charge < -0.3 is 30.5 Å². The molecule has 13 heteroatoms. The number of benzene rings is 3. The molecule has 4 aliphatic rings. The van der Waals surface area contributed by atoms with Crippen LogP contribution in [0, 0.1) is 5.92 Å². The summed E-state index contributed by atoms with van der Waals surface area (Å²) in [6.07, 6.45) is 4.18. The van der Waals surface area contributed by atoms with E-state index in [1.54, 1.807) is 47.3 Å². The highest BCUT2D eigenvalue weighted by Crippen LogP contribution is 2.41. The number of hydrogen-bond acceptors (Lipinski definition) is 7. The van der Waals surface area contributed by atoms with E-state index in [9.17, 15) is 28.8 Å². The summed E-state index contributed by atoms with van der Waals surface area (Å²) in [5.74, 6) is -2.00. The minimum absolute atomic E-state index is 0.0242. The third-order valence-corrected chi connectivity index (χ3v) is 11.2. The molecular weight excluding hydrogens is 700 g/mol. The maximum atomic E-state index is 14.4. The number of piperazine rings is 1. The van der Waals surface area contributed by atoms with Crippen LogP contribution in [-0.2, 0) is 48.1 Å². The molecule has 286 valence electrons. The lowest BCUT2D eigenvalue weighted by Crippen LogP contribution is -2.71. The van der Waals surface area contributed by atoms with Crippen LogP contribution in [0.2, 0.25) is 0 Å². The number of aromatic nitrogens is 1. The molecule has 8 rings (SSSR count). The number of nitrogens with zero attached hydrogens (tertiary/aromatic N) is 3. The number of ether oxygens (including phenoxy) is 1. The maximum absolute atomic E-state index is 14.4. The number of para-hydroxylation sites is 1. The molecule has 4 fully saturated rings. The number of carbonyl (C=O) groups is 6. The van der Waals surface area contributed by atoms with Gasteiger partial charge in [-0.15, -0.1) is 0 Å². The fourth-order valence-electron chi connectivity index (χ4n) is 8.50. The summed E-state index contributed by atoms with van der Waals surface area (Å²) in [6, 6.07) is 22.1. The number of carbonyl (C=O) groups excluding carboxylic acids is 6. The van der Waals surface area contributed by atoms with Crippen molar-refractivity contribution in [1.29, 1.82) is 0 Å². The van der Waals surface area contributed by atoms with E-state index in [4.69, 9.17) is 4.74 Å². The Hall–Kier alpha value is -5.98. The number of hydrogen-bond donors (Lipinski definition) is 3. The van der Waals surface area contributed by atoms with Crippen molar-refractivity contribution in [3.05, 3.63) is 108 Å². The summed E-state index contributed by atoms with van der Waals surface area (Å²) in [6.45, 7) is 0.314. The predicted molar refractivity (Wildman–Crippen MR) is 203 cm³/mol. The van der Waals surface area contributed by atoms with Crippen molar-refractivity contribution in [2.75, 3.05) is 14.2 Å². The molecule has 1 saturated carbocycles. The number of rotatable bonds is 12. The first-order valence-electron chi connectivity index (χ1n) is 18.8. The Bertz CT molecular complexity index is 2080. The number of likely N-dealkylation sites (N-methyl/N-ethyl adjacent to an activating group) is 1. The zero-order valence-corrected chi connectivity index (χ0v) is 31.0. The van der Waals surface area contributed by atoms with Crippen LogP contribution in [0.5, 0.6) is 0 Å². The van der Waals surface area contributed by atoms with Crippen LogP contribution in [0.1, 0.15) is 48.8 Å². The van der Waals surface area contributed by atoms with Gasteiger partial charge in [-0.1, -0.05) is 78.9 Å². The molecule has 1 aromatic heterocycles. The van der Waals surface area contributed by atoms with Crippen molar-refractivity contribution >= 4 is 46.5 Å². The van der Waals surface area contributed by atoms with Crippen molar-refractivity contribution in [2.24, 2.45) is 5.92 Å². The lowest BCUT2D eigenvalue weighted by atomic mass is 9.73. The maximum Gasteiger partial charge on any atom is 0.418 e. The smallest absolute Gasteiger partial charge is 0.418 e. The van der Waals surface area contributed by atoms with Crippen molar-refractivity contribution < 1.29 is 33.5 Å². The lowest BCUT2D eigenvalue weighted by molar-refractivity contribution is -0.163. The molecule has 3 aliphatic heterocycles. The van der Waals surface area contributed by atoms with Crippen molar-refractivity contribution in [3.63, 3.8) is 0 Å². The van der Waals surface area contributed by atoms with Gasteiger partial charge in [0.2, 0.25) is 29.5 Å². The largest absolute Gasteiger partial charge is 0.452 e. The standard InChI is InChI=1S/C42H46N6O7/c1-46(24-27-13-7-4-8-14-27)40(52)33(21-26-11-5-3-6-12-26)44-38(50)32(22-29-25-47(42(54)55-2)35-16-10-9-15-31(29)35)43-36(49)23-34-41(53)48-30-19-17-28(18-20-30)37(48)39(51)45-34/h3-16,25,28,30,32-34,37H,17-24H2,1-2H3,(H,43,49)(H,44,50)(H,45,51)/t28?,30?,32-,33+,34+,37+/m1/s1. The van der Waals surface area contributed by atoms with Crippen LogP contribution < -0.4 is 16.0 Å². The van der Waals surface area contributed by atoms with Gasteiger partial charge in [0, 0.05) is 44.1 Å². The fourth-order valence-corrected chi connectivity index (χ4v) is 8.50. The van der Waals surface area contributed by atoms with Crippen molar-refractivity contribution in [1.82, 2.24) is 30.3 Å². The highest BCUT2D eigenvalue weighted by atomic mass is 16.5. The molecule has 55 heavy (non-hydrogen) atoms. The summed E-state index contributed by atoms with van der Waals surface area (Å²) in [5.41, 5.74) is 2.87. The Morgan fingerprint density at radius 3 is 2.18 bits per heavy atom. The molecule has 3 N–H and O–H groups in total. The zero-order valence-electron chi connectivity index (χ0n) is 31.0. The van der Waals surface area contributed by atoms with Gasteiger partial charge in [-0.3, -0.25) is 28.5 Å². The van der Waals surface area contributed by atoms with Gasteiger partial charge in [0.1, 0.15) is 24.2 Å². The molecule has 4 atom stereocenters. The molecule has 0 spiro atoms. The fraction of sp³-hybridized carbons (Fsp3) is 0.381. The Labute approximate surface area is 319 Å². The molecule has 3 aromatic carbocycles. The van der Waals surface area contributed by atoms with E-state index in [2.05, 4.69) is 16.0 Å². The molecular formula is C42H46N6O7. The summed E-state index contributed by atoms with van der Waals surface area (Å²) in [5, 5.41) is 9.22. The number of nitrogens with one attached hydrogen (secondary N) is 3. The average molecular weight is 747 g/mol. The SMILES string of the molecule is COC(=O)n1cc(C[C@@H](NC(=O)C[C@@H]2NC(=O)[C@@H]3C4CCC(CC4)N3C2=O)C(=O)N[C@@H](Cc2ccccc2)C(=O)N(C)Cc2ccccc2)c2ccccc21. The Morgan fingerprint density at radius 1 is 0.836 bits per heavy atom. The van der Waals surface area contributed by atoms with E-state index >= 15 is 0 Å². The van der Waals surface area contributed by atoms with Gasteiger partial charge in [-0.25, -0.2) is 4.79 Å². The normalized spacial score (nSPS) is 21.2. The predicted octanol–water partition coefficient (Wildman–Crippen LogP) is 3.33. The van der Waals surface area contributed by atoms with Crippen LogP contribution >= 0.6 is 0 Å². The summed E-state index contributed by atoms with van der Waals surface area (Å²) >= 11 is 0. The summed E-state index contributed by atoms with van der Waals surface area (Å²) in [4.78, 5) is 85.3. The molecule has 2 bridgehead atoms. The van der Waals surface area contributed by atoms with E-state index in [1.165, 1.54) is 11.7 Å². The van der Waals surface area contributed by atoms with Crippen LogP contribution in [0.15, 0.2) is 91.1 Å². The molecule has 13 nitrogen and oxygen atoms in total. The monoisotopic (exact) mass is 746 g/mol. The Kier molecular flexibility index (Phi) is 11.0. The molecule has 4 aromatic rings. The van der Waals surface area contributed by atoms with Crippen LogP contribution in [0.4, 0.5) is 4.79 Å². The van der Waals surface area contributed by atoms with Crippen molar-refractivity contribution in [2.45, 2.75) is 81.7 Å². The third kappa shape index (κ3) is 7.96. The number of amides is 5. The highest BCUT2D eigenvalue weighted by molar-refractivity contribution is 6.01. The quantitative estimate of drug-likeness (QED) is 0.201. The average Bonchev–Trinajstić information content (AvgIpc) is 3.57. The zero-order chi connectivity index (χ0) is 38.6. The second-order valence-corrected chi connectivity index (χ2v) is 14.8. The summed E-state index contributed by atoms with van der Waals surface area (Å²) < 4.78 is 6.33. The van der Waals surface area contributed by atoms with Gasteiger partial charge >= 0.3 is 6.09 Å². The molecule has 0 radical (unpaired) electrons. The van der Waals surface area contributed by atoms with E-state index in [0.717, 1.165) is 36.8 Å². The number of fused-ring (bicyclic) bond motifs is 3. The Morgan fingerprint density at radius 2 is 1.49 bits per heavy atom. The molecule has 1 aliphatic carbocycles. The van der Waals surface area contributed by atoms with E-state index in [0.29, 0.717) is 23.0 Å². The number of methoxy groups -OCH3 is 1. The summed E-state index contributed by atoms with van der Waals surface area (Å²) in [7, 11) is 2.95.